The molecule has 0 saturated carbocycles. The van der Waals surface area contributed by atoms with E-state index in [-0.39, 0.29) is 18.6 Å². The molecule has 5 heteroatoms. The van der Waals surface area contributed by atoms with E-state index in [2.05, 4.69) is 4.99 Å². The Labute approximate surface area is 182 Å². The fraction of sp³-hybridized carbons (Fsp3) is 0.192. The third-order valence-corrected chi connectivity index (χ3v) is 4.77. The van der Waals surface area contributed by atoms with Crippen molar-refractivity contribution in [3.63, 3.8) is 0 Å². The first-order valence-corrected chi connectivity index (χ1v) is 10.1. The molecule has 3 aromatic rings. The van der Waals surface area contributed by atoms with Crippen LogP contribution in [0.25, 0.3) is 0 Å². The lowest BCUT2D eigenvalue weighted by Gasteiger charge is -2.11. The van der Waals surface area contributed by atoms with E-state index in [4.69, 9.17) is 4.74 Å². The van der Waals surface area contributed by atoms with Crippen LogP contribution in [0.1, 0.15) is 34.8 Å². The van der Waals surface area contributed by atoms with Gasteiger partial charge < -0.3 is 9.84 Å². The number of hydrogen-bond acceptors (Lipinski definition) is 4. The Morgan fingerprint density at radius 2 is 1.48 bits per heavy atom. The number of ketones is 1. The van der Waals surface area contributed by atoms with E-state index in [1.165, 1.54) is 0 Å². The van der Waals surface area contributed by atoms with Crippen LogP contribution in [0, 0.1) is 0 Å². The molecule has 0 heterocycles. The number of hydrogen-bond donors (Lipinski definition) is 1. The molecule has 0 aliphatic rings. The first-order valence-electron chi connectivity index (χ1n) is 10.1. The molecule has 0 saturated heterocycles. The summed E-state index contributed by atoms with van der Waals surface area (Å²) < 4.78 is 5.77. The van der Waals surface area contributed by atoms with Gasteiger partial charge in [-0.3, -0.25) is 9.79 Å². The highest BCUT2D eigenvalue weighted by atomic mass is 16.5. The largest absolute Gasteiger partial charge is 0.489 e. The zero-order valence-corrected chi connectivity index (χ0v) is 17.4. The molecule has 0 aliphatic heterocycles. The Kier molecular flexibility index (Phi) is 7.71. The Hall–Kier alpha value is -3.73. The number of carboxylic acid groups (broad SMARTS) is 1. The number of carboxylic acids is 1. The minimum absolute atomic E-state index is 0.0779. The molecule has 3 rings (SSSR count). The zero-order valence-electron chi connectivity index (χ0n) is 17.4. The Bertz CT molecular complexity index is 1030. The standard InChI is InChI=1S/C26H25NO4/c1-19(16-25(28)22-10-6-3-7-11-22)27-24(26(29)30)17-20-12-14-23(15-13-20)31-18-21-8-4-2-5-9-21/h2-15,24H,16-18H2,1H3,(H,29,30)/t24-/m0/s1. The number of nitrogens with zero attached hydrogens (tertiary/aromatic N) is 1. The lowest BCUT2D eigenvalue weighted by atomic mass is 10.0. The van der Waals surface area contributed by atoms with Crippen LogP contribution in [0.2, 0.25) is 0 Å². The minimum atomic E-state index is -1.02. The van der Waals surface area contributed by atoms with Crippen LogP contribution < -0.4 is 4.74 Å². The van der Waals surface area contributed by atoms with Crippen LogP contribution in [0.3, 0.4) is 0 Å². The smallest absolute Gasteiger partial charge is 0.328 e. The lowest BCUT2D eigenvalue weighted by Crippen LogP contribution is -2.22. The van der Waals surface area contributed by atoms with Gasteiger partial charge in [0, 0.05) is 24.1 Å². The highest BCUT2D eigenvalue weighted by Gasteiger charge is 2.18. The Balaban J connectivity index is 1.59. The van der Waals surface area contributed by atoms with E-state index >= 15 is 0 Å². The minimum Gasteiger partial charge on any atom is -0.489 e. The molecule has 1 atom stereocenters. The summed E-state index contributed by atoms with van der Waals surface area (Å²) in [6.45, 7) is 2.16. The lowest BCUT2D eigenvalue weighted by molar-refractivity contribution is -0.138. The molecule has 158 valence electrons. The van der Waals surface area contributed by atoms with Gasteiger partial charge in [-0.2, -0.15) is 0 Å². The first-order chi connectivity index (χ1) is 15.0. The van der Waals surface area contributed by atoms with Crippen LogP contribution in [-0.2, 0) is 17.8 Å². The molecule has 5 nitrogen and oxygen atoms in total. The van der Waals surface area contributed by atoms with Crippen molar-refractivity contribution >= 4 is 17.5 Å². The molecule has 31 heavy (non-hydrogen) atoms. The summed E-state index contributed by atoms with van der Waals surface area (Å²) in [5.74, 6) is -0.380. The second kappa shape index (κ2) is 10.9. The summed E-state index contributed by atoms with van der Waals surface area (Å²) in [4.78, 5) is 28.3. The molecule has 0 amide bonds. The number of aliphatic carboxylic acids is 1. The van der Waals surface area contributed by atoms with Crippen molar-refractivity contribution in [2.45, 2.75) is 32.4 Å². The van der Waals surface area contributed by atoms with Crippen molar-refractivity contribution in [2.75, 3.05) is 0 Å². The van der Waals surface area contributed by atoms with Crippen molar-refractivity contribution in [3.05, 3.63) is 102 Å². The molecule has 0 radical (unpaired) electrons. The highest BCUT2D eigenvalue weighted by molar-refractivity contribution is 6.09. The summed E-state index contributed by atoms with van der Waals surface area (Å²) in [7, 11) is 0. The molecule has 3 aromatic carbocycles. The van der Waals surface area contributed by atoms with Gasteiger partial charge in [0.05, 0.1) is 0 Å². The van der Waals surface area contributed by atoms with Crippen LogP contribution in [0.5, 0.6) is 5.75 Å². The molecule has 0 aliphatic carbocycles. The van der Waals surface area contributed by atoms with Gasteiger partial charge in [-0.15, -0.1) is 0 Å². The van der Waals surface area contributed by atoms with Crippen molar-refractivity contribution in [1.82, 2.24) is 0 Å². The number of Topliss-reactive ketones (excluding diaryl/α,β-unsaturated/α-hetero) is 1. The average molecular weight is 415 g/mol. The van der Waals surface area contributed by atoms with Crippen LogP contribution in [0.4, 0.5) is 0 Å². The van der Waals surface area contributed by atoms with E-state index in [9.17, 15) is 14.7 Å². The maximum atomic E-state index is 12.3. The second-order valence-electron chi connectivity index (χ2n) is 7.31. The topological polar surface area (TPSA) is 76.0 Å². The summed E-state index contributed by atoms with van der Waals surface area (Å²) in [6, 6.07) is 25.2. The molecule has 0 aromatic heterocycles. The van der Waals surface area contributed by atoms with E-state index < -0.39 is 12.0 Å². The summed E-state index contributed by atoms with van der Waals surface area (Å²) in [6.07, 6.45) is 0.339. The van der Waals surface area contributed by atoms with Gasteiger partial charge >= 0.3 is 5.97 Å². The maximum Gasteiger partial charge on any atom is 0.328 e. The molecular weight excluding hydrogens is 390 g/mol. The highest BCUT2D eigenvalue weighted by Crippen LogP contribution is 2.16. The van der Waals surface area contributed by atoms with E-state index in [0.29, 0.717) is 23.6 Å². The first kappa shape index (κ1) is 22.0. The van der Waals surface area contributed by atoms with Crippen molar-refractivity contribution in [2.24, 2.45) is 4.99 Å². The van der Waals surface area contributed by atoms with Gasteiger partial charge in [-0.1, -0.05) is 72.8 Å². The quantitative estimate of drug-likeness (QED) is 0.374. The summed E-state index contributed by atoms with van der Waals surface area (Å²) >= 11 is 0. The molecule has 0 bridgehead atoms. The van der Waals surface area contributed by atoms with Crippen LogP contribution in [-0.4, -0.2) is 28.6 Å². The van der Waals surface area contributed by atoms with E-state index in [1.807, 2.05) is 60.7 Å². The number of carbonyl (C=O) groups is 2. The van der Waals surface area contributed by atoms with Gasteiger partial charge in [0.25, 0.3) is 0 Å². The number of ether oxygens (including phenoxy) is 1. The van der Waals surface area contributed by atoms with Gasteiger partial charge in [-0.25, -0.2) is 4.79 Å². The Morgan fingerprint density at radius 1 is 0.871 bits per heavy atom. The summed E-state index contributed by atoms with van der Waals surface area (Å²) in [5, 5.41) is 9.58. The normalized spacial score (nSPS) is 12.2. The fourth-order valence-electron chi connectivity index (χ4n) is 3.14. The second-order valence-corrected chi connectivity index (χ2v) is 7.31. The molecule has 1 N–H and O–H groups in total. The number of aliphatic imine (C=N–C) groups is 1. The Morgan fingerprint density at radius 3 is 2.10 bits per heavy atom. The van der Waals surface area contributed by atoms with Crippen LogP contribution in [0.15, 0.2) is 89.9 Å². The third-order valence-electron chi connectivity index (χ3n) is 4.77. The molecule has 0 spiro atoms. The van der Waals surface area contributed by atoms with E-state index in [0.717, 1.165) is 11.1 Å². The van der Waals surface area contributed by atoms with Crippen molar-refractivity contribution < 1.29 is 19.4 Å². The van der Waals surface area contributed by atoms with Gasteiger partial charge in [0.15, 0.2) is 11.8 Å². The number of rotatable bonds is 10. The SMILES string of the molecule is CC(CC(=O)c1ccccc1)=N[C@@H](Cc1ccc(OCc2ccccc2)cc1)C(=O)O. The van der Waals surface area contributed by atoms with Gasteiger partial charge in [0.2, 0.25) is 0 Å². The molecular formula is C26H25NO4. The predicted octanol–water partition coefficient (Wildman–Crippen LogP) is 5.00. The fourth-order valence-corrected chi connectivity index (χ4v) is 3.14. The van der Waals surface area contributed by atoms with Gasteiger partial charge in [0.1, 0.15) is 12.4 Å². The zero-order chi connectivity index (χ0) is 22.1. The molecule has 0 unspecified atom stereocenters. The van der Waals surface area contributed by atoms with Crippen molar-refractivity contribution in [3.8, 4) is 5.75 Å². The van der Waals surface area contributed by atoms with Crippen molar-refractivity contribution in [1.29, 1.82) is 0 Å². The third kappa shape index (κ3) is 6.93. The monoisotopic (exact) mass is 415 g/mol. The summed E-state index contributed by atoms with van der Waals surface area (Å²) in [5.41, 5.74) is 3.01. The van der Waals surface area contributed by atoms with E-state index in [1.54, 1.807) is 31.2 Å². The maximum absolute atomic E-state index is 12.3. The van der Waals surface area contributed by atoms with Gasteiger partial charge in [-0.05, 0) is 30.2 Å². The predicted molar refractivity (Wildman–Crippen MR) is 121 cm³/mol. The van der Waals surface area contributed by atoms with Crippen LogP contribution >= 0.6 is 0 Å². The molecule has 0 fully saturated rings. The number of benzene rings is 3. The average Bonchev–Trinajstić information content (AvgIpc) is 2.79. The number of carbonyl (C=O) groups excluding carboxylic acids is 1.